The van der Waals surface area contributed by atoms with Crippen LogP contribution in [-0.4, -0.2) is 23.0 Å². The summed E-state index contributed by atoms with van der Waals surface area (Å²) in [6.45, 7) is 8.30. The summed E-state index contributed by atoms with van der Waals surface area (Å²) in [6, 6.07) is 2.95. The number of nitrogens with one attached hydrogen (secondary N) is 2. The monoisotopic (exact) mass is 296 g/mol. The summed E-state index contributed by atoms with van der Waals surface area (Å²) in [5, 5.41) is 6.38. The first-order chi connectivity index (χ1) is 9.58. The van der Waals surface area contributed by atoms with Gasteiger partial charge in [0.05, 0.1) is 5.56 Å². The van der Waals surface area contributed by atoms with Gasteiger partial charge in [-0.1, -0.05) is 0 Å². The third-order valence-corrected chi connectivity index (χ3v) is 3.70. The highest BCUT2D eigenvalue weighted by molar-refractivity contribution is 5.94. The Hall–Kier alpha value is -1.49. The van der Waals surface area contributed by atoms with Gasteiger partial charge in [0, 0.05) is 23.2 Å². The number of carbonyl (C=O) groups excluding carboxylic acids is 1. The van der Waals surface area contributed by atoms with E-state index in [1.54, 1.807) is 0 Å². The fraction of sp³-hybridized carbons (Fsp3) is 0.562. The van der Waals surface area contributed by atoms with Crippen LogP contribution in [0.4, 0.5) is 8.78 Å². The summed E-state index contributed by atoms with van der Waals surface area (Å²) in [5.41, 5.74) is -0.340. The van der Waals surface area contributed by atoms with Crippen LogP contribution in [0.2, 0.25) is 0 Å². The van der Waals surface area contributed by atoms with Crippen molar-refractivity contribution in [3.8, 4) is 0 Å². The standard InChI is InChI=1S/C16H22F2N2O/c1-15(2)8-11(9-16(3,4)20-15)19-14(21)12-6-5-10(17)7-13(12)18/h5-7,11,20H,8-9H2,1-4H3,(H,19,21). The molecule has 5 heteroatoms. The smallest absolute Gasteiger partial charge is 0.254 e. The van der Waals surface area contributed by atoms with E-state index in [0.717, 1.165) is 25.0 Å². The van der Waals surface area contributed by atoms with Gasteiger partial charge in [0.15, 0.2) is 0 Å². The molecule has 0 bridgehead atoms. The van der Waals surface area contributed by atoms with Crippen LogP contribution in [-0.2, 0) is 0 Å². The number of hydrogen-bond donors (Lipinski definition) is 2. The van der Waals surface area contributed by atoms with Gasteiger partial charge in [-0.05, 0) is 52.7 Å². The maximum atomic E-state index is 13.6. The highest BCUT2D eigenvalue weighted by Gasteiger charge is 2.38. The van der Waals surface area contributed by atoms with Gasteiger partial charge in [-0.2, -0.15) is 0 Å². The second kappa shape index (κ2) is 5.37. The van der Waals surface area contributed by atoms with Crippen molar-refractivity contribution in [1.29, 1.82) is 0 Å². The van der Waals surface area contributed by atoms with Crippen LogP contribution in [0, 0.1) is 11.6 Å². The predicted octanol–water partition coefficient (Wildman–Crippen LogP) is 3.00. The molecule has 0 unspecified atom stereocenters. The zero-order valence-electron chi connectivity index (χ0n) is 12.9. The highest BCUT2D eigenvalue weighted by atomic mass is 19.1. The number of amides is 1. The van der Waals surface area contributed by atoms with E-state index in [9.17, 15) is 13.6 Å². The first-order valence-corrected chi connectivity index (χ1v) is 7.13. The molecule has 1 aliphatic rings. The van der Waals surface area contributed by atoms with E-state index in [2.05, 4.69) is 38.3 Å². The van der Waals surface area contributed by atoms with Crippen molar-refractivity contribution in [1.82, 2.24) is 10.6 Å². The topological polar surface area (TPSA) is 41.1 Å². The van der Waals surface area contributed by atoms with Crippen LogP contribution >= 0.6 is 0 Å². The molecule has 2 N–H and O–H groups in total. The number of benzene rings is 1. The first-order valence-electron chi connectivity index (χ1n) is 7.13. The third-order valence-electron chi connectivity index (χ3n) is 3.70. The fourth-order valence-electron chi connectivity index (χ4n) is 3.36. The largest absolute Gasteiger partial charge is 0.349 e. The van der Waals surface area contributed by atoms with Crippen molar-refractivity contribution >= 4 is 5.91 Å². The molecule has 0 aromatic heterocycles. The van der Waals surface area contributed by atoms with E-state index in [4.69, 9.17) is 0 Å². The fourth-order valence-corrected chi connectivity index (χ4v) is 3.36. The minimum Gasteiger partial charge on any atom is -0.349 e. The van der Waals surface area contributed by atoms with Gasteiger partial charge >= 0.3 is 0 Å². The van der Waals surface area contributed by atoms with Crippen molar-refractivity contribution in [3.63, 3.8) is 0 Å². The second-order valence-corrected chi connectivity index (χ2v) is 7.10. The molecule has 1 heterocycles. The Morgan fingerprint density at radius 2 is 1.76 bits per heavy atom. The molecule has 1 amide bonds. The van der Waals surface area contributed by atoms with E-state index >= 15 is 0 Å². The van der Waals surface area contributed by atoms with Crippen molar-refractivity contribution in [2.75, 3.05) is 0 Å². The molecule has 2 rings (SSSR count). The van der Waals surface area contributed by atoms with Crippen LogP contribution < -0.4 is 10.6 Å². The summed E-state index contributed by atoms with van der Waals surface area (Å²) in [5.74, 6) is -2.01. The highest BCUT2D eigenvalue weighted by Crippen LogP contribution is 2.28. The summed E-state index contributed by atoms with van der Waals surface area (Å²) in [6.07, 6.45) is 1.51. The van der Waals surface area contributed by atoms with E-state index in [1.807, 2.05) is 0 Å². The summed E-state index contributed by atoms with van der Waals surface area (Å²) < 4.78 is 26.5. The first kappa shape index (κ1) is 15.9. The van der Waals surface area contributed by atoms with Crippen LogP contribution in [0.3, 0.4) is 0 Å². The van der Waals surface area contributed by atoms with E-state index in [0.29, 0.717) is 0 Å². The van der Waals surface area contributed by atoms with E-state index < -0.39 is 17.5 Å². The van der Waals surface area contributed by atoms with Crippen LogP contribution in [0.25, 0.3) is 0 Å². The molecule has 0 spiro atoms. The zero-order valence-corrected chi connectivity index (χ0v) is 12.9. The molecule has 1 aromatic rings. The molecule has 1 aliphatic heterocycles. The van der Waals surface area contributed by atoms with Crippen molar-refractivity contribution < 1.29 is 13.6 Å². The lowest BCUT2D eigenvalue weighted by atomic mass is 9.79. The minimum atomic E-state index is -0.833. The minimum absolute atomic E-state index is 0.0480. The molecular weight excluding hydrogens is 274 g/mol. The lowest BCUT2D eigenvalue weighted by Crippen LogP contribution is -2.62. The molecule has 1 aromatic carbocycles. The molecular formula is C16H22F2N2O. The SMILES string of the molecule is CC1(C)CC(NC(=O)c2ccc(F)cc2F)CC(C)(C)N1. The van der Waals surface area contributed by atoms with Gasteiger partial charge in [0.1, 0.15) is 11.6 Å². The maximum absolute atomic E-state index is 13.6. The maximum Gasteiger partial charge on any atom is 0.254 e. The Balaban J connectivity index is 2.12. The molecule has 0 aliphatic carbocycles. The molecule has 0 radical (unpaired) electrons. The zero-order chi connectivity index (χ0) is 15.8. The molecule has 1 fully saturated rings. The Labute approximate surface area is 124 Å². The quantitative estimate of drug-likeness (QED) is 0.881. The number of carbonyl (C=O) groups is 1. The molecule has 0 saturated carbocycles. The normalized spacial score (nSPS) is 21.0. The number of halogens is 2. The summed E-state index contributed by atoms with van der Waals surface area (Å²) in [7, 11) is 0. The van der Waals surface area contributed by atoms with E-state index in [1.165, 1.54) is 6.07 Å². The molecule has 1 saturated heterocycles. The van der Waals surface area contributed by atoms with Gasteiger partial charge in [0.25, 0.3) is 5.91 Å². The number of piperidine rings is 1. The molecule has 21 heavy (non-hydrogen) atoms. The molecule has 3 nitrogen and oxygen atoms in total. The van der Waals surface area contributed by atoms with Crippen LogP contribution in [0.15, 0.2) is 18.2 Å². The summed E-state index contributed by atoms with van der Waals surface area (Å²) >= 11 is 0. The van der Waals surface area contributed by atoms with Crippen LogP contribution in [0.1, 0.15) is 50.9 Å². The van der Waals surface area contributed by atoms with Crippen LogP contribution in [0.5, 0.6) is 0 Å². The average molecular weight is 296 g/mol. The lowest BCUT2D eigenvalue weighted by Gasteiger charge is -2.46. The third kappa shape index (κ3) is 4.00. The van der Waals surface area contributed by atoms with Crippen molar-refractivity contribution in [2.45, 2.75) is 57.7 Å². The Morgan fingerprint density at radius 1 is 1.19 bits per heavy atom. The van der Waals surface area contributed by atoms with Gasteiger partial charge in [-0.15, -0.1) is 0 Å². The number of hydrogen-bond acceptors (Lipinski definition) is 2. The Bertz CT molecular complexity index is 539. The second-order valence-electron chi connectivity index (χ2n) is 7.10. The number of rotatable bonds is 2. The Kier molecular flexibility index (Phi) is 4.06. The van der Waals surface area contributed by atoms with Gasteiger partial charge < -0.3 is 10.6 Å². The van der Waals surface area contributed by atoms with Gasteiger partial charge in [-0.3, -0.25) is 4.79 Å². The average Bonchev–Trinajstić information content (AvgIpc) is 2.23. The van der Waals surface area contributed by atoms with Gasteiger partial charge in [0.2, 0.25) is 0 Å². The van der Waals surface area contributed by atoms with Crippen molar-refractivity contribution in [2.24, 2.45) is 0 Å². The predicted molar refractivity (Wildman–Crippen MR) is 78.1 cm³/mol. The summed E-state index contributed by atoms with van der Waals surface area (Å²) in [4.78, 5) is 12.2. The van der Waals surface area contributed by atoms with Crippen molar-refractivity contribution in [3.05, 3.63) is 35.4 Å². The lowest BCUT2D eigenvalue weighted by molar-refractivity contribution is 0.0869. The Morgan fingerprint density at radius 3 is 2.29 bits per heavy atom. The molecule has 0 atom stereocenters. The molecule has 116 valence electrons. The van der Waals surface area contributed by atoms with E-state index in [-0.39, 0.29) is 22.7 Å². The van der Waals surface area contributed by atoms with Gasteiger partial charge in [-0.25, -0.2) is 8.78 Å².